The highest BCUT2D eigenvalue weighted by Crippen LogP contribution is 2.26. The molecule has 6 nitrogen and oxygen atoms in total. The summed E-state index contributed by atoms with van der Waals surface area (Å²) in [6.45, 7) is 6.80. The molecule has 31 heavy (non-hydrogen) atoms. The monoisotopic (exact) mass is 414 g/mol. The molecular weight excluding hydrogens is 388 g/mol. The van der Waals surface area contributed by atoms with E-state index in [4.69, 9.17) is 9.72 Å². The van der Waals surface area contributed by atoms with Crippen LogP contribution in [-0.2, 0) is 4.79 Å². The van der Waals surface area contributed by atoms with E-state index in [0.717, 1.165) is 23.9 Å². The highest BCUT2D eigenvalue weighted by atomic mass is 16.5. The van der Waals surface area contributed by atoms with Gasteiger partial charge in [0.15, 0.2) is 6.61 Å². The van der Waals surface area contributed by atoms with Gasteiger partial charge in [-0.1, -0.05) is 18.2 Å². The standard InChI is InChI=1S/C25H26N4O2/c1-18-13-20-15-21(16-26)25(27-23(20)14-19(18)2)29-10-6-9-28(11-12-29)24(30)17-31-22-7-4-3-5-8-22/h3-5,7-8,13-15H,6,9-12,17H2,1-2H3. The number of benzene rings is 2. The Hall–Kier alpha value is -3.59. The number of nitriles is 1. The quantitative estimate of drug-likeness (QED) is 0.649. The Morgan fingerprint density at radius 2 is 1.84 bits per heavy atom. The van der Waals surface area contributed by atoms with E-state index in [9.17, 15) is 10.1 Å². The zero-order valence-corrected chi connectivity index (χ0v) is 18.0. The average molecular weight is 415 g/mol. The van der Waals surface area contributed by atoms with Crippen LogP contribution in [0.1, 0.15) is 23.1 Å². The summed E-state index contributed by atoms with van der Waals surface area (Å²) < 4.78 is 5.62. The van der Waals surface area contributed by atoms with Crippen molar-refractivity contribution in [3.8, 4) is 11.8 Å². The fraction of sp³-hybridized carbons (Fsp3) is 0.320. The van der Waals surface area contributed by atoms with Gasteiger partial charge in [0.05, 0.1) is 11.1 Å². The number of hydrogen-bond donors (Lipinski definition) is 0. The van der Waals surface area contributed by atoms with Crippen LogP contribution in [-0.4, -0.2) is 48.6 Å². The molecule has 0 radical (unpaired) electrons. The van der Waals surface area contributed by atoms with Gasteiger partial charge in [-0.3, -0.25) is 4.79 Å². The number of pyridine rings is 1. The van der Waals surface area contributed by atoms with Gasteiger partial charge in [0.1, 0.15) is 17.6 Å². The summed E-state index contributed by atoms with van der Waals surface area (Å²) in [7, 11) is 0. The Morgan fingerprint density at radius 3 is 2.61 bits per heavy atom. The van der Waals surface area contributed by atoms with Gasteiger partial charge in [0.2, 0.25) is 0 Å². The van der Waals surface area contributed by atoms with E-state index in [1.54, 1.807) is 0 Å². The molecule has 1 amide bonds. The lowest BCUT2D eigenvalue weighted by molar-refractivity contribution is -0.133. The van der Waals surface area contributed by atoms with Crippen LogP contribution in [0.4, 0.5) is 5.82 Å². The molecule has 1 aliphatic heterocycles. The number of para-hydroxylation sites is 1. The molecule has 1 fully saturated rings. The van der Waals surface area contributed by atoms with E-state index >= 15 is 0 Å². The molecule has 158 valence electrons. The van der Waals surface area contributed by atoms with Gasteiger partial charge in [-0.2, -0.15) is 5.26 Å². The van der Waals surface area contributed by atoms with Crippen molar-refractivity contribution >= 4 is 22.6 Å². The smallest absolute Gasteiger partial charge is 0.260 e. The minimum absolute atomic E-state index is 0.0243. The SMILES string of the molecule is Cc1cc2cc(C#N)c(N3CCCN(C(=O)COc4ccccc4)CC3)nc2cc1C. The summed E-state index contributed by atoms with van der Waals surface area (Å²) in [6.07, 6.45) is 0.814. The Bertz CT molecular complexity index is 1140. The van der Waals surface area contributed by atoms with Crippen molar-refractivity contribution in [3.05, 3.63) is 65.2 Å². The van der Waals surface area contributed by atoms with E-state index in [1.807, 2.05) is 41.3 Å². The molecule has 0 unspecified atom stereocenters. The van der Waals surface area contributed by atoms with Crippen molar-refractivity contribution in [3.63, 3.8) is 0 Å². The van der Waals surface area contributed by atoms with Gasteiger partial charge in [0, 0.05) is 31.6 Å². The van der Waals surface area contributed by atoms with Gasteiger partial charge in [-0.25, -0.2) is 4.98 Å². The maximum absolute atomic E-state index is 12.6. The molecule has 0 saturated carbocycles. The largest absolute Gasteiger partial charge is 0.484 e. The van der Waals surface area contributed by atoms with Gasteiger partial charge >= 0.3 is 0 Å². The van der Waals surface area contributed by atoms with Crippen LogP contribution in [0.2, 0.25) is 0 Å². The number of amides is 1. The normalized spacial score (nSPS) is 14.2. The number of hydrogen-bond acceptors (Lipinski definition) is 5. The van der Waals surface area contributed by atoms with Gasteiger partial charge in [0.25, 0.3) is 5.91 Å². The lowest BCUT2D eigenvalue weighted by Crippen LogP contribution is -2.38. The van der Waals surface area contributed by atoms with Crippen molar-refractivity contribution in [2.24, 2.45) is 0 Å². The number of anilines is 1. The van der Waals surface area contributed by atoms with Crippen LogP contribution in [0.5, 0.6) is 5.75 Å². The molecule has 0 aliphatic carbocycles. The maximum Gasteiger partial charge on any atom is 0.260 e. The number of rotatable bonds is 4. The Labute approximate surface area is 182 Å². The van der Waals surface area contributed by atoms with Gasteiger partial charge in [-0.05, 0) is 61.7 Å². The molecule has 0 bridgehead atoms. The minimum atomic E-state index is -0.0243. The molecule has 3 aromatic rings. The van der Waals surface area contributed by atoms with Crippen LogP contribution in [0.15, 0.2) is 48.5 Å². The predicted octanol–water partition coefficient (Wildman–Crippen LogP) is 3.84. The molecule has 0 spiro atoms. The second kappa shape index (κ2) is 9.05. The molecule has 2 aromatic carbocycles. The molecule has 6 heteroatoms. The van der Waals surface area contributed by atoms with Crippen LogP contribution >= 0.6 is 0 Å². The lowest BCUT2D eigenvalue weighted by atomic mass is 10.0. The first-order chi connectivity index (χ1) is 15.0. The maximum atomic E-state index is 12.6. The average Bonchev–Trinajstić information content (AvgIpc) is 3.04. The second-order valence-electron chi connectivity index (χ2n) is 7.92. The number of aromatic nitrogens is 1. The number of carbonyl (C=O) groups is 1. The van der Waals surface area contributed by atoms with E-state index in [2.05, 4.69) is 36.9 Å². The number of nitrogens with zero attached hydrogens (tertiary/aromatic N) is 4. The number of aryl methyl sites for hydroxylation is 2. The van der Waals surface area contributed by atoms with Crippen molar-refractivity contribution in [2.45, 2.75) is 20.3 Å². The van der Waals surface area contributed by atoms with Crippen molar-refractivity contribution in [1.29, 1.82) is 5.26 Å². The van der Waals surface area contributed by atoms with E-state index < -0.39 is 0 Å². The molecule has 1 aliphatic rings. The topological polar surface area (TPSA) is 69.5 Å². The van der Waals surface area contributed by atoms with Crippen LogP contribution in [0.3, 0.4) is 0 Å². The Balaban J connectivity index is 1.48. The fourth-order valence-electron chi connectivity index (χ4n) is 3.89. The van der Waals surface area contributed by atoms with Crippen LogP contribution < -0.4 is 9.64 Å². The highest BCUT2D eigenvalue weighted by Gasteiger charge is 2.22. The second-order valence-corrected chi connectivity index (χ2v) is 7.92. The number of ether oxygens (including phenoxy) is 1. The molecule has 1 saturated heterocycles. The summed E-state index contributed by atoms with van der Waals surface area (Å²) in [5, 5.41) is 10.7. The van der Waals surface area contributed by atoms with E-state index in [0.29, 0.717) is 36.8 Å². The van der Waals surface area contributed by atoms with Gasteiger partial charge in [-0.15, -0.1) is 0 Å². The third kappa shape index (κ3) is 4.61. The first-order valence-corrected chi connectivity index (χ1v) is 10.6. The lowest BCUT2D eigenvalue weighted by Gasteiger charge is -2.24. The molecule has 0 N–H and O–H groups in total. The highest BCUT2D eigenvalue weighted by molar-refractivity contribution is 5.84. The Morgan fingerprint density at radius 1 is 1.06 bits per heavy atom. The van der Waals surface area contributed by atoms with Gasteiger partial charge < -0.3 is 14.5 Å². The first-order valence-electron chi connectivity index (χ1n) is 10.6. The first kappa shape index (κ1) is 20.7. The minimum Gasteiger partial charge on any atom is -0.484 e. The fourth-order valence-corrected chi connectivity index (χ4v) is 3.89. The molecule has 1 aromatic heterocycles. The Kier molecular flexibility index (Phi) is 6.03. The van der Waals surface area contributed by atoms with Crippen molar-refractivity contribution < 1.29 is 9.53 Å². The number of carbonyl (C=O) groups excluding carboxylic acids is 1. The van der Waals surface area contributed by atoms with Crippen LogP contribution in [0, 0.1) is 25.2 Å². The summed E-state index contributed by atoms with van der Waals surface area (Å²) >= 11 is 0. The predicted molar refractivity (Wildman–Crippen MR) is 121 cm³/mol. The number of fused-ring (bicyclic) bond motifs is 1. The summed E-state index contributed by atoms with van der Waals surface area (Å²) in [6, 6.07) is 17.8. The third-order valence-electron chi connectivity index (χ3n) is 5.78. The zero-order valence-electron chi connectivity index (χ0n) is 18.0. The van der Waals surface area contributed by atoms with Crippen LogP contribution in [0.25, 0.3) is 10.9 Å². The third-order valence-corrected chi connectivity index (χ3v) is 5.78. The molecule has 0 atom stereocenters. The van der Waals surface area contributed by atoms with E-state index in [1.165, 1.54) is 11.1 Å². The molecule has 4 rings (SSSR count). The van der Waals surface area contributed by atoms with Crippen molar-refractivity contribution in [2.75, 3.05) is 37.7 Å². The molecule has 2 heterocycles. The zero-order chi connectivity index (χ0) is 21.8. The summed E-state index contributed by atoms with van der Waals surface area (Å²) in [5.74, 6) is 1.37. The molecular formula is C25H26N4O2. The summed E-state index contributed by atoms with van der Waals surface area (Å²) in [4.78, 5) is 21.4. The summed E-state index contributed by atoms with van der Waals surface area (Å²) in [5.41, 5.74) is 3.84. The van der Waals surface area contributed by atoms with E-state index in [-0.39, 0.29) is 12.5 Å². The van der Waals surface area contributed by atoms with Crippen molar-refractivity contribution in [1.82, 2.24) is 9.88 Å².